The van der Waals surface area contributed by atoms with Gasteiger partial charge in [-0.05, 0) is 37.1 Å². The van der Waals surface area contributed by atoms with Crippen molar-refractivity contribution in [2.45, 2.75) is 31.9 Å². The average Bonchev–Trinajstić information content (AvgIpc) is 2.96. The molecule has 1 aromatic heterocycles. The SMILES string of the molecule is O=C(Nc1ccccc1C(F)(F)F)c1cccc(C(=O)N2CCCCCC2)n1. The molecule has 2 amide bonds. The highest BCUT2D eigenvalue weighted by Crippen LogP contribution is 2.34. The number of rotatable bonds is 3. The van der Waals surface area contributed by atoms with Gasteiger partial charge in [0.1, 0.15) is 11.4 Å². The molecule has 28 heavy (non-hydrogen) atoms. The molecule has 1 fully saturated rings. The van der Waals surface area contributed by atoms with Crippen molar-refractivity contribution < 1.29 is 22.8 Å². The fourth-order valence-electron chi connectivity index (χ4n) is 3.14. The standard InChI is InChI=1S/C20H20F3N3O2/c21-20(22,23)14-8-3-4-9-15(14)25-18(27)16-10-7-11-17(24-16)19(28)26-12-5-1-2-6-13-26/h3-4,7-11H,1-2,5-6,12-13H2,(H,25,27). The molecule has 148 valence electrons. The van der Waals surface area contributed by atoms with E-state index in [-0.39, 0.29) is 23.0 Å². The summed E-state index contributed by atoms with van der Waals surface area (Å²) in [6.45, 7) is 1.27. The van der Waals surface area contributed by atoms with Gasteiger partial charge in [-0.15, -0.1) is 0 Å². The highest BCUT2D eigenvalue weighted by Gasteiger charge is 2.33. The number of pyridine rings is 1. The number of carbonyl (C=O) groups excluding carboxylic acids is 2. The van der Waals surface area contributed by atoms with Crippen molar-refractivity contribution in [3.05, 3.63) is 59.4 Å². The van der Waals surface area contributed by atoms with Crippen LogP contribution in [0.5, 0.6) is 0 Å². The first kappa shape index (κ1) is 19.9. The van der Waals surface area contributed by atoms with Crippen LogP contribution in [0, 0.1) is 0 Å². The van der Waals surface area contributed by atoms with Crippen LogP contribution in [0.4, 0.5) is 18.9 Å². The van der Waals surface area contributed by atoms with Crippen molar-refractivity contribution >= 4 is 17.5 Å². The van der Waals surface area contributed by atoms with E-state index < -0.39 is 17.6 Å². The monoisotopic (exact) mass is 391 g/mol. The van der Waals surface area contributed by atoms with Gasteiger partial charge in [-0.3, -0.25) is 9.59 Å². The fourth-order valence-corrected chi connectivity index (χ4v) is 3.14. The van der Waals surface area contributed by atoms with Crippen LogP contribution < -0.4 is 5.32 Å². The van der Waals surface area contributed by atoms with E-state index in [2.05, 4.69) is 10.3 Å². The lowest BCUT2D eigenvalue weighted by atomic mass is 10.1. The molecule has 0 radical (unpaired) electrons. The maximum Gasteiger partial charge on any atom is 0.418 e. The summed E-state index contributed by atoms with van der Waals surface area (Å²) in [7, 11) is 0. The molecule has 0 saturated carbocycles. The van der Waals surface area contributed by atoms with Crippen LogP contribution in [-0.2, 0) is 6.18 Å². The maximum atomic E-state index is 13.1. The zero-order valence-corrected chi connectivity index (χ0v) is 15.1. The Hall–Kier alpha value is -2.90. The molecule has 1 N–H and O–H groups in total. The molecule has 1 aliphatic heterocycles. The van der Waals surface area contributed by atoms with Crippen LogP contribution in [0.3, 0.4) is 0 Å². The lowest BCUT2D eigenvalue weighted by Gasteiger charge is -2.20. The predicted octanol–water partition coefficient (Wildman–Crippen LogP) is 4.37. The molecular weight excluding hydrogens is 371 g/mol. The van der Waals surface area contributed by atoms with E-state index in [1.807, 2.05) is 0 Å². The third-order valence-electron chi connectivity index (χ3n) is 4.57. The Kier molecular flexibility index (Phi) is 5.96. The summed E-state index contributed by atoms with van der Waals surface area (Å²) in [6, 6.07) is 9.09. The van der Waals surface area contributed by atoms with Crippen molar-refractivity contribution in [2.24, 2.45) is 0 Å². The number of hydrogen-bond acceptors (Lipinski definition) is 3. The number of nitrogens with one attached hydrogen (secondary N) is 1. The number of carbonyl (C=O) groups is 2. The van der Waals surface area contributed by atoms with Gasteiger partial charge in [0.15, 0.2) is 0 Å². The largest absolute Gasteiger partial charge is 0.418 e. The summed E-state index contributed by atoms with van der Waals surface area (Å²) >= 11 is 0. The minimum atomic E-state index is -4.60. The molecule has 3 rings (SSSR count). The van der Waals surface area contributed by atoms with Gasteiger partial charge in [-0.1, -0.05) is 31.0 Å². The Bertz CT molecular complexity index is 860. The minimum Gasteiger partial charge on any atom is -0.337 e. The smallest absolute Gasteiger partial charge is 0.337 e. The normalized spacial score (nSPS) is 15.0. The Morgan fingerprint density at radius 1 is 0.893 bits per heavy atom. The Morgan fingerprint density at radius 2 is 1.54 bits per heavy atom. The number of likely N-dealkylation sites (tertiary alicyclic amines) is 1. The third-order valence-corrected chi connectivity index (χ3v) is 4.57. The second-order valence-electron chi connectivity index (χ2n) is 6.61. The van der Waals surface area contributed by atoms with Crippen LogP contribution >= 0.6 is 0 Å². The van der Waals surface area contributed by atoms with Crippen LogP contribution in [0.2, 0.25) is 0 Å². The van der Waals surface area contributed by atoms with Crippen LogP contribution in [-0.4, -0.2) is 34.8 Å². The van der Waals surface area contributed by atoms with Gasteiger partial charge in [0, 0.05) is 13.1 Å². The Labute approximate surface area is 160 Å². The zero-order chi connectivity index (χ0) is 20.1. The molecule has 2 heterocycles. The fraction of sp³-hybridized carbons (Fsp3) is 0.350. The second kappa shape index (κ2) is 8.41. The maximum absolute atomic E-state index is 13.1. The average molecular weight is 391 g/mol. The number of amides is 2. The van der Waals surface area contributed by atoms with Gasteiger partial charge in [-0.2, -0.15) is 13.2 Å². The summed E-state index contributed by atoms with van der Waals surface area (Å²) < 4.78 is 39.3. The number of aromatic nitrogens is 1. The van der Waals surface area contributed by atoms with E-state index in [9.17, 15) is 22.8 Å². The van der Waals surface area contributed by atoms with E-state index in [0.717, 1.165) is 31.7 Å². The lowest BCUT2D eigenvalue weighted by molar-refractivity contribution is -0.136. The highest BCUT2D eigenvalue weighted by atomic mass is 19.4. The van der Waals surface area contributed by atoms with Crippen molar-refractivity contribution in [3.63, 3.8) is 0 Å². The quantitative estimate of drug-likeness (QED) is 0.845. The van der Waals surface area contributed by atoms with Gasteiger partial charge in [0.2, 0.25) is 0 Å². The number of halogens is 3. The van der Waals surface area contributed by atoms with Crippen molar-refractivity contribution in [1.82, 2.24) is 9.88 Å². The van der Waals surface area contributed by atoms with Crippen molar-refractivity contribution in [3.8, 4) is 0 Å². The van der Waals surface area contributed by atoms with E-state index in [4.69, 9.17) is 0 Å². The van der Waals surface area contributed by atoms with Gasteiger partial charge >= 0.3 is 6.18 Å². The predicted molar refractivity (Wildman–Crippen MR) is 98.0 cm³/mol. The topological polar surface area (TPSA) is 62.3 Å². The molecule has 1 saturated heterocycles. The van der Waals surface area contributed by atoms with Crippen LogP contribution in [0.1, 0.15) is 52.2 Å². The van der Waals surface area contributed by atoms with Gasteiger partial charge in [-0.25, -0.2) is 4.98 Å². The first-order valence-corrected chi connectivity index (χ1v) is 9.10. The van der Waals surface area contributed by atoms with Gasteiger partial charge in [0.05, 0.1) is 11.3 Å². The highest BCUT2D eigenvalue weighted by molar-refractivity contribution is 6.04. The summed E-state index contributed by atoms with van der Waals surface area (Å²) in [5, 5.41) is 2.24. The first-order chi connectivity index (χ1) is 13.4. The molecular formula is C20H20F3N3O2. The lowest BCUT2D eigenvalue weighted by Crippen LogP contribution is -2.32. The molecule has 0 bridgehead atoms. The number of hydrogen-bond donors (Lipinski definition) is 1. The Balaban J connectivity index is 1.79. The van der Waals surface area contributed by atoms with Crippen molar-refractivity contribution in [1.29, 1.82) is 0 Å². The molecule has 1 aliphatic rings. The van der Waals surface area contributed by atoms with Crippen LogP contribution in [0.15, 0.2) is 42.5 Å². The molecule has 0 unspecified atom stereocenters. The summed E-state index contributed by atoms with van der Waals surface area (Å²) in [6.07, 6.45) is -0.626. The van der Waals surface area contributed by atoms with E-state index in [1.165, 1.54) is 36.4 Å². The number of anilines is 1. The molecule has 8 heteroatoms. The molecule has 0 atom stereocenters. The number of alkyl halides is 3. The zero-order valence-electron chi connectivity index (χ0n) is 15.1. The van der Waals surface area contributed by atoms with Gasteiger partial charge < -0.3 is 10.2 Å². The molecule has 5 nitrogen and oxygen atoms in total. The van der Waals surface area contributed by atoms with E-state index >= 15 is 0 Å². The Morgan fingerprint density at radius 3 is 2.21 bits per heavy atom. The number of benzene rings is 1. The molecule has 2 aromatic rings. The summed E-state index contributed by atoms with van der Waals surface area (Å²) in [4.78, 5) is 30.9. The third kappa shape index (κ3) is 4.68. The summed E-state index contributed by atoms with van der Waals surface area (Å²) in [5.41, 5.74) is -1.30. The second-order valence-corrected chi connectivity index (χ2v) is 6.61. The van der Waals surface area contributed by atoms with Crippen LogP contribution in [0.25, 0.3) is 0 Å². The number of nitrogens with zero attached hydrogens (tertiary/aromatic N) is 2. The van der Waals surface area contributed by atoms with E-state index in [1.54, 1.807) is 4.90 Å². The minimum absolute atomic E-state index is 0.110. The van der Waals surface area contributed by atoms with Gasteiger partial charge in [0.25, 0.3) is 11.8 Å². The van der Waals surface area contributed by atoms with Crippen molar-refractivity contribution in [2.75, 3.05) is 18.4 Å². The summed E-state index contributed by atoms with van der Waals surface area (Å²) in [5.74, 6) is -1.07. The molecule has 0 aliphatic carbocycles. The van der Waals surface area contributed by atoms with E-state index in [0.29, 0.717) is 13.1 Å². The first-order valence-electron chi connectivity index (χ1n) is 9.10. The molecule has 1 aromatic carbocycles. The molecule has 0 spiro atoms. The number of para-hydroxylation sites is 1.